The lowest BCUT2D eigenvalue weighted by Gasteiger charge is -2.38. The van der Waals surface area contributed by atoms with Crippen LogP contribution in [0.2, 0.25) is 0 Å². The molecule has 0 saturated carbocycles. The van der Waals surface area contributed by atoms with E-state index < -0.39 is 12.1 Å². The lowest BCUT2D eigenvalue weighted by molar-refractivity contribution is -0.139. The molecule has 1 aliphatic heterocycles. The number of halogens is 1. The number of rotatable bonds is 12. The van der Waals surface area contributed by atoms with Crippen LogP contribution in [-0.2, 0) is 4.79 Å². The van der Waals surface area contributed by atoms with Gasteiger partial charge in [-0.05, 0) is 93.1 Å². The number of carboxylic acid groups (broad SMARTS) is 1. The number of thioether (sulfide) groups is 1. The molecule has 9 heteroatoms. The van der Waals surface area contributed by atoms with E-state index >= 15 is 4.39 Å². The molecule has 1 aromatic carbocycles. The van der Waals surface area contributed by atoms with Crippen LogP contribution in [0, 0.1) is 18.8 Å². The van der Waals surface area contributed by atoms with Crippen LogP contribution in [0.15, 0.2) is 41.6 Å². The van der Waals surface area contributed by atoms with E-state index in [1.54, 1.807) is 31.1 Å². The fourth-order valence-corrected chi connectivity index (χ4v) is 6.10. The van der Waals surface area contributed by atoms with Gasteiger partial charge in [-0.15, -0.1) is 11.8 Å². The number of likely N-dealkylation sites (tertiary alicyclic amines) is 1. The molecule has 36 heavy (non-hydrogen) atoms. The maximum Gasteiger partial charge on any atom is 0.303 e. The van der Waals surface area contributed by atoms with E-state index in [0.717, 1.165) is 54.8 Å². The van der Waals surface area contributed by atoms with Crippen LogP contribution in [0.25, 0.3) is 10.9 Å². The summed E-state index contributed by atoms with van der Waals surface area (Å²) in [6, 6.07) is 7.25. The molecule has 1 fully saturated rings. The number of aryl methyl sites for hydroxylation is 1. The molecule has 3 heterocycles. The molecule has 194 valence electrons. The van der Waals surface area contributed by atoms with Crippen molar-refractivity contribution in [2.75, 3.05) is 32.5 Å². The number of alkyl halides is 1. The number of aromatic amines is 1. The van der Waals surface area contributed by atoms with Gasteiger partial charge in [0, 0.05) is 35.6 Å². The third-order valence-corrected chi connectivity index (χ3v) is 8.40. The number of benzene rings is 1. The third-order valence-electron chi connectivity index (χ3n) is 7.18. The van der Waals surface area contributed by atoms with Crippen molar-refractivity contribution in [1.82, 2.24) is 20.1 Å². The normalized spacial score (nSPS) is 19.4. The molecular formula is C27H35FN4O3S. The Morgan fingerprint density at radius 3 is 2.97 bits per heavy atom. The second-order valence-corrected chi connectivity index (χ2v) is 10.7. The molecule has 0 spiro atoms. The Balaban J connectivity index is 1.32. The number of aromatic nitrogens is 3. The van der Waals surface area contributed by atoms with Gasteiger partial charge >= 0.3 is 5.97 Å². The van der Waals surface area contributed by atoms with Gasteiger partial charge in [-0.3, -0.25) is 14.9 Å². The maximum atomic E-state index is 15.5. The van der Waals surface area contributed by atoms with Gasteiger partial charge in [-0.25, -0.2) is 4.39 Å². The number of carboxylic acids is 1. The monoisotopic (exact) mass is 514 g/mol. The Bertz CT molecular complexity index is 1160. The van der Waals surface area contributed by atoms with Crippen LogP contribution in [0.4, 0.5) is 4.39 Å². The summed E-state index contributed by atoms with van der Waals surface area (Å²) in [4.78, 5) is 19.5. The van der Waals surface area contributed by atoms with Crippen molar-refractivity contribution < 1.29 is 19.0 Å². The second kappa shape index (κ2) is 12.5. The predicted molar refractivity (Wildman–Crippen MR) is 140 cm³/mol. The number of H-pyrrole nitrogens is 1. The van der Waals surface area contributed by atoms with Crippen molar-refractivity contribution in [3.8, 4) is 5.75 Å². The van der Waals surface area contributed by atoms with E-state index in [-0.39, 0.29) is 18.3 Å². The predicted octanol–water partition coefficient (Wildman–Crippen LogP) is 5.66. The molecule has 3 aromatic rings. The van der Waals surface area contributed by atoms with Crippen molar-refractivity contribution in [3.63, 3.8) is 0 Å². The number of nitrogens with zero attached hydrogens (tertiary/aromatic N) is 3. The second-order valence-electron chi connectivity index (χ2n) is 9.57. The number of ether oxygens (including phenoxy) is 1. The zero-order chi connectivity index (χ0) is 25.5. The van der Waals surface area contributed by atoms with Crippen molar-refractivity contribution in [3.05, 3.63) is 47.9 Å². The Morgan fingerprint density at radius 2 is 2.22 bits per heavy atom. The van der Waals surface area contributed by atoms with Crippen LogP contribution in [0.1, 0.15) is 49.5 Å². The molecule has 0 bridgehead atoms. The molecular weight excluding hydrogens is 479 g/mol. The van der Waals surface area contributed by atoms with Gasteiger partial charge < -0.3 is 14.7 Å². The molecule has 0 radical (unpaired) electrons. The number of piperidine rings is 1. The number of hydrogen-bond donors (Lipinski definition) is 2. The highest BCUT2D eigenvalue weighted by atomic mass is 32.2. The molecule has 1 aliphatic rings. The lowest BCUT2D eigenvalue weighted by Crippen LogP contribution is -2.42. The number of fused-ring (bicyclic) bond motifs is 1. The minimum Gasteiger partial charge on any atom is -0.497 e. The minimum absolute atomic E-state index is 0.0431. The van der Waals surface area contributed by atoms with Crippen molar-refractivity contribution in [2.24, 2.45) is 11.8 Å². The summed E-state index contributed by atoms with van der Waals surface area (Å²) >= 11 is 1.80. The summed E-state index contributed by atoms with van der Waals surface area (Å²) in [5, 5.41) is 17.3. The molecule has 0 amide bonds. The summed E-state index contributed by atoms with van der Waals surface area (Å²) < 4.78 is 20.8. The summed E-state index contributed by atoms with van der Waals surface area (Å²) in [7, 11) is 1.60. The topological polar surface area (TPSA) is 91.3 Å². The van der Waals surface area contributed by atoms with Gasteiger partial charge in [0.1, 0.15) is 11.9 Å². The Labute approximate surface area is 215 Å². The van der Waals surface area contributed by atoms with Gasteiger partial charge in [-0.2, -0.15) is 5.10 Å². The Hall–Kier alpha value is -2.65. The maximum absolute atomic E-state index is 15.5. The average molecular weight is 515 g/mol. The average Bonchev–Trinajstić information content (AvgIpc) is 3.29. The number of pyridine rings is 1. The molecule has 1 saturated heterocycles. The van der Waals surface area contributed by atoms with E-state index in [1.807, 2.05) is 31.3 Å². The molecule has 2 N–H and O–H groups in total. The fraction of sp³-hybridized carbons (Fsp3) is 0.519. The molecule has 7 nitrogen and oxygen atoms in total. The molecule has 4 rings (SSSR count). The van der Waals surface area contributed by atoms with Crippen molar-refractivity contribution >= 4 is 28.6 Å². The van der Waals surface area contributed by atoms with Crippen LogP contribution in [0.5, 0.6) is 5.75 Å². The lowest BCUT2D eigenvalue weighted by atomic mass is 9.79. The molecule has 0 aliphatic carbocycles. The minimum atomic E-state index is -1.13. The van der Waals surface area contributed by atoms with Gasteiger partial charge in [-0.1, -0.05) is 0 Å². The molecule has 1 unspecified atom stereocenters. The van der Waals surface area contributed by atoms with Crippen molar-refractivity contribution in [2.45, 2.75) is 50.1 Å². The number of methoxy groups -OCH3 is 1. The molecule has 3 atom stereocenters. The largest absolute Gasteiger partial charge is 0.497 e. The van der Waals surface area contributed by atoms with E-state index in [0.29, 0.717) is 24.2 Å². The highest BCUT2D eigenvalue weighted by Gasteiger charge is 2.31. The van der Waals surface area contributed by atoms with Crippen LogP contribution in [-0.4, -0.2) is 63.7 Å². The van der Waals surface area contributed by atoms with E-state index in [1.165, 1.54) is 4.90 Å². The van der Waals surface area contributed by atoms with Gasteiger partial charge in [0.05, 0.1) is 18.3 Å². The number of carbonyl (C=O) groups is 1. The number of hydrogen-bond acceptors (Lipinski definition) is 6. The van der Waals surface area contributed by atoms with Gasteiger partial charge in [0.2, 0.25) is 0 Å². The highest BCUT2D eigenvalue weighted by molar-refractivity contribution is 7.99. The summed E-state index contributed by atoms with van der Waals surface area (Å²) in [5.41, 5.74) is 2.39. The zero-order valence-corrected chi connectivity index (χ0v) is 21.8. The van der Waals surface area contributed by atoms with Crippen molar-refractivity contribution in [1.29, 1.82) is 0 Å². The number of aliphatic carboxylic acids is 1. The fourth-order valence-electron chi connectivity index (χ4n) is 5.22. The first-order valence-electron chi connectivity index (χ1n) is 12.6. The first-order valence-corrected chi connectivity index (χ1v) is 13.6. The van der Waals surface area contributed by atoms with Gasteiger partial charge in [0.25, 0.3) is 0 Å². The zero-order valence-electron chi connectivity index (χ0n) is 21.0. The highest BCUT2D eigenvalue weighted by Crippen LogP contribution is 2.36. The summed E-state index contributed by atoms with van der Waals surface area (Å²) in [5.74, 6) is 1.15. The Morgan fingerprint density at radius 1 is 1.36 bits per heavy atom. The first-order chi connectivity index (χ1) is 17.4. The quantitative estimate of drug-likeness (QED) is 0.238. The smallest absolute Gasteiger partial charge is 0.303 e. The first kappa shape index (κ1) is 26.4. The third kappa shape index (κ3) is 6.76. The van der Waals surface area contributed by atoms with E-state index in [9.17, 15) is 9.90 Å². The Kier molecular flexibility index (Phi) is 9.20. The van der Waals surface area contributed by atoms with Crippen LogP contribution >= 0.6 is 11.8 Å². The summed E-state index contributed by atoms with van der Waals surface area (Å²) in [6.45, 7) is 4.64. The molecule has 2 aromatic heterocycles. The van der Waals surface area contributed by atoms with Gasteiger partial charge in [0.15, 0.2) is 0 Å². The number of nitrogens with one attached hydrogen (secondary N) is 1. The van der Waals surface area contributed by atoms with E-state index in [2.05, 4.69) is 20.1 Å². The SMILES string of the molecule is COc1ccc2nccc(C(F)CC[C@@H]3CCN(CCCSc4c[nH]nc4C)C[C@@H]3CC(=O)O)c2c1. The van der Waals surface area contributed by atoms with Crippen LogP contribution < -0.4 is 4.74 Å². The summed E-state index contributed by atoms with van der Waals surface area (Å²) in [6.07, 6.45) is 5.57. The van der Waals surface area contributed by atoms with Crippen LogP contribution in [0.3, 0.4) is 0 Å². The standard InChI is InChI=1S/C27H35FN4O3S/c1-18-26(16-30-31-18)36-13-3-11-32-12-9-19(20(17-32)14-27(33)34)4-6-24(28)22-8-10-29-25-7-5-21(35-2)15-23(22)25/h5,7-8,10,15-16,19-20,24H,3-4,6,9,11-14,17H2,1-2H3,(H,30,31)(H,33,34)/t19-,20+,24?/m1/s1. The van der Waals surface area contributed by atoms with E-state index in [4.69, 9.17) is 4.74 Å².